The van der Waals surface area contributed by atoms with Crippen LogP contribution >= 0.6 is 0 Å². The second-order valence-electron chi connectivity index (χ2n) is 4.59. The maximum atomic E-state index is 11.7. The maximum Gasteiger partial charge on any atom is 0.330 e. The Morgan fingerprint density at radius 2 is 2.25 bits per heavy atom. The van der Waals surface area contributed by atoms with Crippen molar-refractivity contribution >= 4 is 0 Å². The summed E-state index contributed by atoms with van der Waals surface area (Å²) in [6, 6.07) is 0. The molecule has 0 aromatic carbocycles. The Labute approximate surface area is 113 Å². The molecule has 0 bridgehead atoms. The molecule has 8 nitrogen and oxygen atoms in total. The Morgan fingerprint density at radius 3 is 2.75 bits per heavy atom. The number of hydrogen-bond donors (Lipinski definition) is 4. The molecule has 2 heterocycles. The number of aliphatic hydroxyl groups excluding tert-OH is 2. The van der Waals surface area contributed by atoms with E-state index in [0.29, 0.717) is 0 Å². The second kappa shape index (κ2) is 4.88. The molecular weight excluding hydrogens is 268 g/mol. The first-order chi connectivity index (χ1) is 9.35. The van der Waals surface area contributed by atoms with Crippen LogP contribution in [0.2, 0.25) is 0 Å². The van der Waals surface area contributed by atoms with Crippen molar-refractivity contribution in [2.45, 2.75) is 31.0 Å². The van der Waals surface area contributed by atoms with Crippen molar-refractivity contribution in [2.24, 2.45) is 0 Å². The third-order valence-corrected chi connectivity index (χ3v) is 3.33. The Hall–Kier alpha value is -1.92. The SMILES string of the molecule is C#C[C@@]1(O)[C@@H](CO)O[C@@H](n2cc(C)c(=O)[nH]c2=O)[C@@H]1O. The van der Waals surface area contributed by atoms with Crippen LogP contribution in [0.15, 0.2) is 15.8 Å². The van der Waals surface area contributed by atoms with Gasteiger partial charge in [-0.2, -0.15) is 0 Å². The van der Waals surface area contributed by atoms with Crippen LogP contribution in [0.25, 0.3) is 0 Å². The van der Waals surface area contributed by atoms with Gasteiger partial charge in [0.25, 0.3) is 5.56 Å². The summed E-state index contributed by atoms with van der Waals surface area (Å²) in [5.41, 5.74) is -3.28. The fourth-order valence-electron chi connectivity index (χ4n) is 2.11. The van der Waals surface area contributed by atoms with Gasteiger partial charge in [0.15, 0.2) is 11.8 Å². The lowest BCUT2D eigenvalue weighted by molar-refractivity contribution is -0.0625. The minimum atomic E-state index is -2.12. The van der Waals surface area contributed by atoms with Crippen molar-refractivity contribution < 1.29 is 20.1 Å². The molecule has 0 radical (unpaired) electrons. The third-order valence-electron chi connectivity index (χ3n) is 3.33. The Bertz CT molecular complexity index is 672. The van der Waals surface area contributed by atoms with Crippen molar-refractivity contribution in [1.29, 1.82) is 0 Å². The van der Waals surface area contributed by atoms with Gasteiger partial charge in [0, 0.05) is 11.8 Å². The summed E-state index contributed by atoms with van der Waals surface area (Å²) in [5, 5.41) is 29.3. The molecule has 8 heteroatoms. The van der Waals surface area contributed by atoms with Crippen LogP contribution in [-0.4, -0.2) is 49.3 Å². The molecule has 4 atom stereocenters. The van der Waals surface area contributed by atoms with Crippen molar-refractivity contribution in [1.82, 2.24) is 9.55 Å². The molecule has 108 valence electrons. The van der Waals surface area contributed by atoms with Crippen molar-refractivity contribution in [3.8, 4) is 12.3 Å². The lowest BCUT2D eigenvalue weighted by Gasteiger charge is -2.24. The number of H-pyrrole nitrogens is 1. The third kappa shape index (κ3) is 1.97. The average Bonchev–Trinajstić information content (AvgIpc) is 2.67. The van der Waals surface area contributed by atoms with Crippen LogP contribution in [0.4, 0.5) is 0 Å². The number of aromatic nitrogens is 2. The molecule has 0 saturated carbocycles. The number of aryl methyl sites for hydroxylation is 1. The number of aromatic amines is 1. The van der Waals surface area contributed by atoms with Gasteiger partial charge >= 0.3 is 5.69 Å². The van der Waals surface area contributed by atoms with Crippen molar-refractivity contribution in [2.75, 3.05) is 6.61 Å². The van der Waals surface area contributed by atoms with Gasteiger partial charge < -0.3 is 20.1 Å². The summed E-state index contributed by atoms with van der Waals surface area (Å²) in [4.78, 5) is 25.1. The highest BCUT2D eigenvalue weighted by molar-refractivity contribution is 5.20. The van der Waals surface area contributed by atoms with Gasteiger partial charge in [-0.05, 0) is 6.92 Å². The molecule has 0 unspecified atom stereocenters. The highest BCUT2D eigenvalue weighted by Crippen LogP contribution is 2.35. The topological polar surface area (TPSA) is 125 Å². The Balaban J connectivity index is 2.51. The first-order valence-electron chi connectivity index (χ1n) is 5.81. The number of ether oxygens (including phenoxy) is 1. The zero-order valence-corrected chi connectivity index (χ0v) is 10.6. The van der Waals surface area contributed by atoms with Crippen LogP contribution in [-0.2, 0) is 4.74 Å². The minimum absolute atomic E-state index is 0.220. The maximum absolute atomic E-state index is 11.7. The van der Waals surface area contributed by atoms with Crippen LogP contribution < -0.4 is 11.2 Å². The summed E-state index contributed by atoms with van der Waals surface area (Å²) in [6.07, 6.45) is 2.16. The predicted molar refractivity (Wildman–Crippen MR) is 66.8 cm³/mol. The standard InChI is InChI=1S/C12H14N2O6/c1-3-12(19)7(5-15)20-10(8(12)16)14-4-6(2)9(17)13-11(14)18/h1,4,7-8,10,15-16,19H,5H2,2H3,(H,13,17,18)/t7-,8+,10-,12-/m1/s1. The summed E-state index contributed by atoms with van der Waals surface area (Å²) in [7, 11) is 0. The van der Waals surface area contributed by atoms with Gasteiger partial charge in [-0.3, -0.25) is 14.3 Å². The van der Waals surface area contributed by atoms with Gasteiger partial charge in [0.1, 0.15) is 12.2 Å². The van der Waals surface area contributed by atoms with Gasteiger partial charge in [0.2, 0.25) is 0 Å². The zero-order valence-electron chi connectivity index (χ0n) is 10.6. The molecule has 1 fully saturated rings. The fraction of sp³-hybridized carbons (Fsp3) is 0.500. The molecule has 0 spiro atoms. The Morgan fingerprint density at radius 1 is 1.60 bits per heavy atom. The fourth-order valence-corrected chi connectivity index (χ4v) is 2.11. The van der Waals surface area contributed by atoms with E-state index in [9.17, 15) is 19.8 Å². The lowest BCUT2D eigenvalue weighted by atomic mass is 9.93. The van der Waals surface area contributed by atoms with E-state index in [1.54, 1.807) is 0 Å². The number of nitrogens with one attached hydrogen (secondary N) is 1. The van der Waals surface area contributed by atoms with Crippen molar-refractivity contribution in [3.63, 3.8) is 0 Å². The van der Waals surface area contributed by atoms with E-state index in [1.807, 2.05) is 10.9 Å². The van der Waals surface area contributed by atoms with Crippen molar-refractivity contribution in [3.05, 3.63) is 32.6 Å². The summed E-state index contributed by atoms with van der Waals surface area (Å²) in [5.74, 6) is 1.97. The predicted octanol–water partition coefficient (Wildman–Crippen LogP) is -2.54. The van der Waals surface area contributed by atoms with Crippen LogP contribution in [0.5, 0.6) is 0 Å². The first kappa shape index (κ1) is 14.5. The molecule has 20 heavy (non-hydrogen) atoms. The quantitative estimate of drug-likeness (QED) is 0.443. The highest BCUT2D eigenvalue weighted by Gasteiger charge is 2.55. The average molecular weight is 282 g/mol. The van der Waals surface area contributed by atoms with E-state index in [0.717, 1.165) is 4.57 Å². The number of nitrogens with zero attached hydrogens (tertiary/aromatic N) is 1. The lowest BCUT2D eigenvalue weighted by Crippen LogP contribution is -2.48. The largest absolute Gasteiger partial charge is 0.394 e. The molecule has 1 saturated heterocycles. The van der Waals surface area contributed by atoms with E-state index in [4.69, 9.17) is 16.3 Å². The van der Waals surface area contributed by atoms with E-state index in [-0.39, 0.29) is 5.56 Å². The summed E-state index contributed by atoms with van der Waals surface area (Å²) < 4.78 is 6.16. The van der Waals surface area contributed by atoms with Crippen LogP contribution in [0, 0.1) is 19.3 Å². The molecule has 1 aromatic heterocycles. The molecule has 0 amide bonds. The minimum Gasteiger partial charge on any atom is -0.394 e. The van der Waals surface area contributed by atoms with Gasteiger partial charge in [-0.15, -0.1) is 6.42 Å². The van der Waals surface area contributed by atoms with Gasteiger partial charge in [-0.1, -0.05) is 5.92 Å². The van der Waals surface area contributed by atoms with Gasteiger partial charge in [0.05, 0.1) is 6.61 Å². The highest BCUT2D eigenvalue weighted by atomic mass is 16.6. The normalized spacial score (nSPS) is 33.0. The summed E-state index contributed by atoms with van der Waals surface area (Å²) >= 11 is 0. The monoisotopic (exact) mass is 282 g/mol. The number of terminal acetylenes is 1. The van der Waals surface area contributed by atoms with E-state index in [2.05, 4.69) is 0 Å². The Kier molecular flexibility index (Phi) is 3.54. The smallest absolute Gasteiger partial charge is 0.330 e. The summed E-state index contributed by atoms with van der Waals surface area (Å²) in [6.45, 7) is 0.832. The molecule has 1 aromatic rings. The zero-order chi connectivity index (χ0) is 15.1. The first-order valence-corrected chi connectivity index (χ1v) is 5.81. The molecule has 4 N–H and O–H groups in total. The van der Waals surface area contributed by atoms with E-state index < -0.39 is 41.9 Å². The number of aliphatic hydroxyl groups is 3. The van der Waals surface area contributed by atoms with Gasteiger partial charge in [-0.25, -0.2) is 4.79 Å². The molecule has 0 aliphatic carbocycles. The number of hydrogen-bond acceptors (Lipinski definition) is 6. The van der Waals surface area contributed by atoms with E-state index in [1.165, 1.54) is 13.1 Å². The molecule has 2 rings (SSSR count). The molecular formula is C12H14N2O6. The van der Waals surface area contributed by atoms with Crippen LogP contribution in [0.3, 0.4) is 0 Å². The molecule has 1 aliphatic heterocycles. The number of rotatable bonds is 2. The second-order valence-corrected chi connectivity index (χ2v) is 4.59. The molecule has 1 aliphatic rings. The van der Waals surface area contributed by atoms with E-state index >= 15 is 0 Å². The van der Waals surface area contributed by atoms with Crippen LogP contribution in [0.1, 0.15) is 11.8 Å².